The van der Waals surface area contributed by atoms with E-state index in [1.807, 2.05) is 18.2 Å². The molecule has 1 aromatic carbocycles. The second-order valence-corrected chi connectivity index (χ2v) is 6.26. The fourth-order valence-electron chi connectivity index (χ4n) is 2.99. The van der Waals surface area contributed by atoms with E-state index in [-0.39, 0.29) is 11.9 Å². The van der Waals surface area contributed by atoms with Gasteiger partial charge in [0.2, 0.25) is 0 Å². The molecule has 1 saturated heterocycles. The van der Waals surface area contributed by atoms with Crippen LogP contribution in [0.4, 0.5) is 10.2 Å². The number of pyridine rings is 1. The molecule has 3 rings (SSSR count). The van der Waals surface area contributed by atoms with Crippen molar-refractivity contribution in [1.82, 2.24) is 15.4 Å². The van der Waals surface area contributed by atoms with E-state index in [2.05, 4.69) is 27.3 Å². The molecule has 0 bridgehead atoms. The molecule has 3 N–H and O–H groups in total. The van der Waals surface area contributed by atoms with Crippen LogP contribution in [0.2, 0.25) is 0 Å². The van der Waals surface area contributed by atoms with Crippen molar-refractivity contribution in [3.05, 3.63) is 65.6 Å². The summed E-state index contributed by atoms with van der Waals surface area (Å²) in [4.78, 5) is 17.4. The van der Waals surface area contributed by atoms with E-state index in [1.165, 1.54) is 29.4 Å². The molecular weight excluding hydrogens is 335 g/mol. The summed E-state index contributed by atoms with van der Waals surface area (Å²) in [6.07, 6.45) is 4.88. The Labute approximate surface area is 151 Å². The number of amides is 1. The summed E-state index contributed by atoms with van der Waals surface area (Å²) in [5, 5.41) is 11.6. The minimum atomic E-state index is -0.683. The van der Waals surface area contributed by atoms with Crippen LogP contribution in [-0.2, 0) is 11.3 Å². The smallest absolute Gasteiger partial charge is 0.267 e. The lowest BCUT2D eigenvalue weighted by Gasteiger charge is -2.17. The number of hydroxylamine groups is 1. The average molecular weight is 356 g/mol. The number of rotatable bonds is 6. The molecule has 1 aliphatic rings. The van der Waals surface area contributed by atoms with E-state index >= 15 is 0 Å². The zero-order chi connectivity index (χ0) is 18.4. The quantitative estimate of drug-likeness (QED) is 0.421. The minimum absolute atomic E-state index is 0.141. The van der Waals surface area contributed by atoms with Crippen molar-refractivity contribution >= 4 is 17.8 Å². The van der Waals surface area contributed by atoms with Crippen molar-refractivity contribution in [2.24, 2.45) is 0 Å². The number of nitrogens with zero attached hydrogens (tertiary/aromatic N) is 2. The number of aromatic nitrogens is 1. The maximum atomic E-state index is 14.2. The van der Waals surface area contributed by atoms with Gasteiger partial charge in [0, 0.05) is 37.9 Å². The fraction of sp³-hybridized carbons (Fsp3) is 0.263. The molecule has 1 aromatic heterocycles. The molecule has 1 atom stereocenters. The summed E-state index contributed by atoms with van der Waals surface area (Å²) in [7, 11) is 0. The van der Waals surface area contributed by atoms with Gasteiger partial charge in [0.25, 0.3) is 5.91 Å². The Morgan fingerprint density at radius 1 is 1.38 bits per heavy atom. The first kappa shape index (κ1) is 18.0. The van der Waals surface area contributed by atoms with E-state index < -0.39 is 11.7 Å². The van der Waals surface area contributed by atoms with Crippen LogP contribution in [0.5, 0.6) is 0 Å². The highest BCUT2D eigenvalue weighted by Gasteiger charge is 2.23. The van der Waals surface area contributed by atoms with Crippen molar-refractivity contribution in [2.45, 2.75) is 19.0 Å². The largest absolute Gasteiger partial charge is 0.364 e. The zero-order valence-corrected chi connectivity index (χ0v) is 14.2. The molecule has 2 heterocycles. The van der Waals surface area contributed by atoms with Crippen molar-refractivity contribution in [1.29, 1.82) is 0 Å². The van der Waals surface area contributed by atoms with Gasteiger partial charge in [-0.15, -0.1) is 0 Å². The van der Waals surface area contributed by atoms with Gasteiger partial charge in [-0.3, -0.25) is 14.9 Å². The number of hydrogen-bond acceptors (Lipinski definition) is 5. The number of carbonyl (C=O) groups is 1. The van der Waals surface area contributed by atoms with Crippen LogP contribution < -0.4 is 10.8 Å². The van der Waals surface area contributed by atoms with Gasteiger partial charge in [0.15, 0.2) is 11.6 Å². The summed E-state index contributed by atoms with van der Waals surface area (Å²) in [6.45, 7) is 2.66. The van der Waals surface area contributed by atoms with Gasteiger partial charge in [-0.1, -0.05) is 30.3 Å². The third-order valence-electron chi connectivity index (χ3n) is 4.26. The lowest BCUT2D eigenvalue weighted by Crippen LogP contribution is -2.26. The summed E-state index contributed by atoms with van der Waals surface area (Å²) >= 11 is 0. The van der Waals surface area contributed by atoms with Crippen LogP contribution in [-0.4, -0.2) is 40.1 Å². The molecule has 136 valence electrons. The first-order valence-electron chi connectivity index (χ1n) is 8.44. The van der Waals surface area contributed by atoms with E-state index in [4.69, 9.17) is 5.21 Å². The summed E-state index contributed by atoms with van der Waals surface area (Å²) in [6, 6.07) is 11.7. The number of hydrogen-bond donors (Lipinski definition) is 3. The Kier molecular flexibility index (Phi) is 5.93. The zero-order valence-electron chi connectivity index (χ0n) is 14.2. The molecule has 0 spiro atoms. The summed E-state index contributed by atoms with van der Waals surface area (Å²) < 4.78 is 14.2. The van der Waals surface area contributed by atoms with Crippen molar-refractivity contribution < 1.29 is 14.4 Å². The third kappa shape index (κ3) is 4.87. The van der Waals surface area contributed by atoms with Crippen LogP contribution in [0.1, 0.15) is 17.5 Å². The first-order valence-corrected chi connectivity index (χ1v) is 8.44. The van der Waals surface area contributed by atoms with Gasteiger partial charge >= 0.3 is 0 Å². The molecule has 1 aliphatic heterocycles. The lowest BCUT2D eigenvalue weighted by atomic mass is 10.2. The van der Waals surface area contributed by atoms with Crippen molar-refractivity contribution in [3.8, 4) is 0 Å². The molecule has 6 nitrogen and oxygen atoms in total. The predicted octanol–water partition coefficient (Wildman–Crippen LogP) is 2.43. The topological polar surface area (TPSA) is 77.5 Å². The second kappa shape index (κ2) is 8.55. The van der Waals surface area contributed by atoms with Gasteiger partial charge in [-0.05, 0) is 29.7 Å². The number of nitrogens with one attached hydrogen (secondary N) is 2. The van der Waals surface area contributed by atoms with Crippen LogP contribution in [0.3, 0.4) is 0 Å². The number of halogens is 1. The minimum Gasteiger partial charge on any atom is -0.364 e. The van der Waals surface area contributed by atoms with Crippen LogP contribution >= 0.6 is 0 Å². The SMILES string of the molecule is O=C(C=Cc1cnc(N[C@@H]2CCN(Cc3ccccc3)C2)c(F)c1)NO. The van der Waals surface area contributed by atoms with E-state index in [1.54, 1.807) is 0 Å². The molecule has 0 saturated carbocycles. The molecule has 0 unspecified atom stereocenters. The Bertz CT molecular complexity index is 782. The number of benzene rings is 1. The summed E-state index contributed by atoms with van der Waals surface area (Å²) in [5.74, 6) is -0.949. The molecule has 2 aromatic rings. The predicted molar refractivity (Wildman–Crippen MR) is 96.9 cm³/mol. The van der Waals surface area contributed by atoms with Gasteiger partial charge in [0.1, 0.15) is 0 Å². The van der Waals surface area contributed by atoms with Gasteiger partial charge in [-0.2, -0.15) is 0 Å². The molecule has 1 amide bonds. The van der Waals surface area contributed by atoms with Crippen molar-refractivity contribution in [3.63, 3.8) is 0 Å². The third-order valence-corrected chi connectivity index (χ3v) is 4.26. The second-order valence-electron chi connectivity index (χ2n) is 6.26. The van der Waals surface area contributed by atoms with Crippen LogP contribution in [0.15, 0.2) is 48.7 Å². The monoisotopic (exact) mass is 356 g/mol. The van der Waals surface area contributed by atoms with Gasteiger partial charge in [-0.25, -0.2) is 14.9 Å². The highest BCUT2D eigenvalue weighted by Crippen LogP contribution is 2.19. The molecule has 0 aliphatic carbocycles. The lowest BCUT2D eigenvalue weighted by molar-refractivity contribution is -0.124. The highest BCUT2D eigenvalue weighted by atomic mass is 19.1. The Hall–Kier alpha value is -2.77. The van der Waals surface area contributed by atoms with E-state index in [9.17, 15) is 9.18 Å². The average Bonchev–Trinajstić information content (AvgIpc) is 3.09. The van der Waals surface area contributed by atoms with E-state index in [0.29, 0.717) is 5.56 Å². The maximum absolute atomic E-state index is 14.2. The van der Waals surface area contributed by atoms with Gasteiger partial charge in [0.05, 0.1) is 0 Å². The van der Waals surface area contributed by atoms with Crippen LogP contribution in [0, 0.1) is 5.82 Å². The number of anilines is 1. The maximum Gasteiger partial charge on any atom is 0.267 e. The Morgan fingerprint density at radius 2 is 2.19 bits per heavy atom. The van der Waals surface area contributed by atoms with Crippen LogP contribution in [0.25, 0.3) is 6.08 Å². The number of likely N-dealkylation sites (tertiary alicyclic amines) is 1. The summed E-state index contributed by atoms with van der Waals surface area (Å²) in [5.41, 5.74) is 3.18. The first-order chi connectivity index (χ1) is 12.6. The van der Waals surface area contributed by atoms with Crippen molar-refractivity contribution in [2.75, 3.05) is 18.4 Å². The Balaban J connectivity index is 1.56. The molecule has 26 heavy (non-hydrogen) atoms. The standard InChI is InChI=1S/C19H21FN4O2/c20-17-10-15(6-7-18(25)23-26)11-21-19(17)22-16-8-9-24(13-16)12-14-4-2-1-3-5-14/h1-7,10-11,16,26H,8-9,12-13H2,(H,21,22)(H,23,25)/t16-/m1/s1. The highest BCUT2D eigenvalue weighted by molar-refractivity contribution is 5.90. The molecular formula is C19H21FN4O2. The Morgan fingerprint density at radius 3 is 2.92 bits per heavy atom. The number of carbonyl (C=O) groups excluding carboxylic acids is 1. The molecule has 1 fully saturated rings. The molecule has 0 radical (unpaired) electrons. The molecule has 7 heteroatoms. The van der Waals surface area contributed by atoms with Gasteiger partial charge < -0.3 is 5.32 Å². The normalized spacial score (nSPS) is 17.5. The fourth-order valence-corrected chi connectivity index (χ4v) is 2.99. The van der Waals surface area contributed by atoms with E-state index in [0.717, 1.165) is 32.1 Å².